The number of halogens is 2. The Morgan fingerprint density at radius 2 is 1.59 bits per heavy atom. The van der Waals surface area contributed by atoms with Crippen molar-refractivity contribution in [3.8, 4) is 5.75 Å². The summed E-state index contributed by atoms with van der Waals surface area (Å²) in [4.78, 5) is 27.7. The van der Waals surface area contributed by atoms with Crippen molar-refractivity contribution in [2.24, 2.45) is 0 Å². The highest BCUT2D eigenvalue weighted by molar-refractivity contribution is 6.30. The van der Waals surface area contributed by atoms with Crippen molar-refractivity contribution in [1.82, 2.24) is 10.2 Å². The number of hydrogen-bond donors (Lipinski definition) is 1. The first kappa shape index (κ1) is 23.6. The molecule has 0 spiro atoms. The van der Waals surface area contributed by atoms with Crippen molar-refractivity contribution in [3.05, 3.63) is 100 Å². The lowest BCUT2D eigenvalue weighted by molar-refractivity contribution is -0.142. The van der Waals surface area contributed by atoms with Gasteiger partial charge in [-0.15, -0.1) is 0 Å². The minimum atomic E-state index is -0.720. The SMILES string of the molecule is CNC(=O)[C@@H](Cc1ccccc1)N(Cc1cccc(Cl)c1)C(=O)COc1ccc(Cl)cc1. The van der Waals surface area contributed by atoms with Crippen LogP contribution in [0.3, 0.4) is 0 Å². The van der Waals surface area contributed by atoms with Crippen molar-refractivity contribution in [3.63, 3.8) is 0 Å². The number of likely N-dealkylation sites (N-methyl/N-ethyl adjacent to an activating group) is 1. The molecule has 0 aliphatic rings. The zero-order chi connectivity index (χ0) is 22.9. The van der Waals surface area contributed by atoms with Gasteiger partial charge in [-0.3, -0.25) is 9.59 Å². The highest BCUT2D eigenvalue weighted by atomic mass is 35.5. The maximum Gasteiger partial charge on any atom is 0.261 e. The number of carbonyl (C=O) groups excluding carboxylic acids is 2. The van der Waals surface area contributed by atoms with Crippen LogP contribution < -0.4 is 10.1 Å². The van der Waals surface area contributed by atoms with Crippen LogP contribution in [-0.2, 0) is 22.6 Å². The molecule has 1 atom stereocenters. The molecule has 0 unspecified atom stereocenters. The summed E-state index contributed by atoms with van der Waals surface area (Å²) in [5.41, 5.74) is 1.77. The van der Waals surface area contributed by atoms with Crippen LogP contribution in [0, 0.1) is 0 Å². The summed E-state index contributed by atoms with van der Waals surface area (Å²) < 4.78 is 5.67. The topological polar surface area (TPSA) is 58.6 Å². The van der Waals surface area contributed by atoms with Crippen LogP contribution in [0.1, 0.15) is 11.1 Å². The predicted octanol–water partition coefficient (Wildman–Crippen LogP) is 4.76. The molecule has 0 saturated carbocycles. The van der Waals surface area contributed by atoms with Gasteiger partial charge >= 0.3 is 0 Å². The van der Waals surface area contributed by atoms with Gasteiger partial charge in [0.2, 0.25) is 5.91 Å². The van der Waals surface area contributed by atoms with Crippen molar-refractivity contribution >= 4 is 35.0 Å². The third kappa shape index (κ3) is 6.74. The van der Waals surface area contributed by atoms with Gasteiger partial charge in [0.05, 0.1) is 0 Å². The molecule has 0 aliphatic carbocycles. The molecule has 0 saturated heterocycles. The van der Waals surface area contributed by atoms with Crippen LogP contribution in [0.5, 0.6) is 5.75 Å². The number of carbonyl (C=O) groups is 2. The average Bonchev–Trinajstić information content (AvgIpc) is 2.81. The van der Waals surface area contributed by atoms with Gasteiger partial charge in [0, 0.05) is 30.1 Å². The van der Waals surface area contributed by atoms with Gasteiger partial charge in [0.15, 0.2) is 6.61 Å². The molecule has 2 amide bonds. The summed E-state index contributed by atoms with van der Waals surface area (Å²) in [5, 5.41) is 3.82. The Labute approximate surface area is 197 Å². The number of amides is 2. The van der Waals surface area contributed by atoms with Crippen LogP contribution >= 0.6 is 23.2 Å². The van der Waals surface area contributed by atoms with E-state index in [0.29, 0.717) is 22.2 Å². The van der Waals surface area contributed by atoms with Gasteiger partial charge in [-0.2, -0.15) is 0 Å². The summed E-state index contributed by atoms with van der Waals surface area (Å²) >= 11 is 12.1. The van der Waals surface area contributed by atoms with Crippen molar-refractivity contribution in [1.29, 1.82) is 0 Å². The molecule has 0 radical (unpaired) electrons. The Morgan fingerprint density at radius 1 is 0.906 bits per heavy atom. The second-order valence-electron chi connectivity index (χ2n) is 7.21. The fourth-order valence-corrected chi connectivity index (χ4v) is 3.65. The first-order valence-electron chi connectivity index (χ1n) is 10.1. The van der Waals surface area contributed by atoms with Crippen LogP contribution in [0.15, 0.2) is 78.9 Å². The maximum absolute atomic E-state index is 13.3. The Morgan fingerprint density at radius 3 is 2.25 bits per heavy atom. The molecular formula is C25H24Cl2N2O3. The summed E-state index contributed by atoms with van der Waals surface area (Å²) in [5.74, 6) is -0.0508. The van der Waals surface area contributed by atoms with Gasteiger partial charge in [-0.1, -0.05) is 65.7 Å². The lowest BCUT2D eigenvalue weighted by atomic mass is 10.0. The number of hydrogen-bond acceptors (Lipinski definition) is 3. The van der Waals surface area contributed by atoms with E-state index >= 15 is 0 Å². The molecule has 0 aliphatic heterocycles. The second kappa shape index (κ2) is 11.6. The van der Waals surface area contributed by atoms with E-state index < -0.39 is 6.04 Å². The van der Waals surface area contributed by atoms with Crippen LogP contribution in [-0.4, -0.2) is 36.4 Å². The molecule has 32 heavy (non-hydrogen) atoms. The van der Waals surface area contributed by atoms with Crippen molar-refractivity contribution < 1.29 is 14.3 Å². The Bertz CT molecular complexity index is 1040. The van der Waals surface area contributed by atoms with E-state index in [1.54, 1.807) is 43.4 Å². The number of rotatable bonds is 9. The van der Waals surface area contributed by atoms with E-state index in [4.69, 9.17) is 27.9 Å². The second-order valence-corrected chi connectivity index (χ2v) is 8.09. The predicted molar refractivity (Wildman–Crippen MR) is 127 cm³/mol. The summed E-state index contributed by atoms with van der Waals surface area (Å²) in [6, 6.07) is 22.9. The van der Waals surface area contributed by atoms with E-state index in [2.05, 4.69) is 5.32 Å². The number of nitrogens with one attached hydrogen (secondary N) is 1. The molecule has 3 aromatic carbocycles. The largest absolute Gasteiger partial charge is 0.484 e. The number of ether oxygens (including phenoxy) is 1. The van der Waals surface area contributed by atoms with E-state index in [9.17, 15) is 9.59 Å². The molecule has 3 rings (SSSR count). The zero-order valence-electron chi connectivity index (χ0n) is 17.6. The van der Waals surface area contributed by atoms with Gasteiger partial charge < -0.3 is 15.0 Å². The van der Waals surface area contributed by atoms with Gasteiger partial charge in [0.1, 0.15) is 11.8 Å². The van der Waals surface area contributed by atoms with E-state index in [0.717, 1.165) is 11.1 Å². The Balaban J connectivity index is 1.86. The fourth-order valence-electron chi connectivity index (χ4n) is 3.31. The van der Waals surface area contributed by atoms with Crippen molar-refractivity contribution in [2.45, 2.75) is 19.0 Å². The van der Waals surface area contributed by atoms with Crippen molar-refractivity contribution in [2.75, 3.05) is 13.7 Å². The minimum absolute atomic E-state index is 0.217. The third-order valence-electron chi connectivity index (χ3n) is 4.94. The molecule has 1 N–H and O–H groups in total. The Hall–Kier alpha value is -3.02. The van der Waals surface area contributed by atoms with Gasteiger partial charge in [-0.25, -0.2) is 0 Å². The lowest BCUT2D eigenvalue weighted by Gasteiger charge is -2.31. The molecule has 0 aromatic heterocycles. The van der Waals surface area contributed by atoms with Crippen LogP contribution in [0.25, 0.3) is 0 Å². The highest BCUT2D eigenvalue weighted by Crippen LogP contribution is 2.19. The smallest absolute Gasteiger partial charge is 0.261 e. The standard InChI is InChI=1S/C25H24Cl2N2O3/c1-28-25(31)23(15-18-6-3-2-4-7-18)29(16-19-8-5-9-21(27)14-19)24(30)17-32-22-12-10-20(26)11-13-22/h2-14,23H,15-17H2,1H3,(H,28,31)/t23-/m1/s1. The molecule has 5 nitrogen and oxygen atoms in total. The normalized spacial score (nSPS) is 11.5. The third-order valence-corrected chi connectivity index (χ3v) is 5.42. The molecule has 7 heteroatoms. The summed E-state index contributed by atoms with van der Waals surface area (Å²) in [6.07, 6.45) is 0.369. The molecule has 0 heterocycles. The zero-order valence-corrected chi connectivity index (χ0v) is 19.1. The molecule has 3 aromatic rings. The monoisotopic (exact) mass is 470 g/mol. The molecular weight excluding hydrogens is 447 g/mol. The van der Waals surface area contributed by atoms with Crippen LogP contribution in [0.4, 0.5) is 0 Å². The first-order valence-corrected chi connectivity index (χ1v) is 10.9. The van der Waals surface area contributed by atoms with E-state index in [1.807, 2.05) is 42.5 Å². The number of nitrogens with zero attached hydrogens (tertiary/aromatic N) is 1. The highest BCUT2D eigenvalue weighted by Gasteiger charge is 2.30. The average molecular weight is 471 g/mol. The minimum Gasteiger partial charge on any atom is -0.484 e. The lowest BCUT2D eigenvalue weighted by Crippen LogP contribution is -2.51. The van der Waals surface area contributed by atoms with E-state index in [1.165, 1.54) is 4.90 Å². The molecule has 0 fully saturated rings. The molecule has 166 valence electrons. The van der Waals surface area contributed by atoms with Gasteiger partial charge in [0.25, 0.3) is 5.91 Å². The fraction of sp³-hybridized carbons (Fsp3) is 0.200. The Kier molecular flexibility index (Phi) is 8.54. The summed E-state index contributed by atoms with van der Waals surface area (Å²) in [6.45, 7) is -0.00122. The quantitative estimate of drug-likeness (QED) is 0.490. The van der Waals surface area contributed by atoms with Gasteiger partial charge in [-0.05, 0) is 47.5 Å². The summed E-state index contributed by atoms with van der Waals surface area (Å²) in [7, 11) is 1.56. The number of benzene rings is 3. The van der Waals surface area contributed by atoms with E-state index in [-0.39, 0.29) is 25.0 Å². The van der Waals surface area contributed by atoms with Crippen LogP contribution in [0.2, 0.25) is 10.0 Å². The molecule has 0 bridgehead atoms. The first-order chi connectivity index (χ1) is 15.5. The maximum atomic E-state index is 13.3.